The number of carbonyl (C=O) groups excluding carboxylic acids is 4. The Morgan fingerprint density at radius 3 is 2.00 bits per heavy atom. The third-order valence-corrected chi connectivity index (χ3v) is 5.51. The van der Waals surface area contributed by atoms with Crippen molar-refractivity contribution in [1.82, 2.24) is 10.2 Å². The molecule has 164 valence electrons. The normalized spacial score (nSPS) is 26.1. The van der Waals surface area contributed by atoms with E-state index in [4.69, 9.17) is 31.2 Å². The average Bonchev–Trinajstić information content (AvgIpc) is 2.56. The smallest absolute Gasteiger partial charge is 0.303 e. The first kappa shape index (κ1) is 25.1. The van der Waals surface area contributed by atoms with Crippen LogP contribution in [0.2, 0.25) is 0 Å². The molecule has 0 bridgehead atoms. The van der Waals surface area contributed by atoms with Crippen molar-refractivity contribution < 1.29 is 38.1 Å². The van der Waals surface area contributed by atoms with E-state index >= 15 is 0 Å². The summed E-state index contributed by atoms with van der Waals surface area (Å²) in [5.74, 6) is -2.26. The van der Waals surface area contributed by atoms with Crippen LogP contribution >= 0.6 is 24.0 Å². The number of esters is 3. The summed E-state index contributed by atoms with van der Waals surface area (Å²) in [6.45, 7) is 4.65. The molecule has 1 amide bonds. The van der Waals surface area contributed by atoms with Crippen LogP contribution < -0.4 is 5.32 Å². The maximum absolute atomic E-state index is 11.8. The fourth-order valence-electron chi connectivity index (χ4n) is 2.60. The minimum Gasteiger partial charge on any atom is -0.463 e. The molecule has 10 nitrogen and oxygen atoms in total. The largest absolute Gasteiger partial charge is 0.463 e. The molecule has 0 aromatic heterocycles. The lowest BCUT2D eigenvalue weighted by Crippen LogP contribution is -2.65. The van der Waals surface area contributed by atoms with Gasteiger partial charge >= 0.3 is 17.9 Å². The van der Waals surface area contributed by atoms with Crippen LogP contribution in [0.3, 0.4) is 0 Å². The van der Waals surface area contributed by atoms with Crippen molar-refractivity contribution in [2.75, 3.05) is 20.7 Å². The molecular weight excluding hydrogens is 424 g/mol. The molecule has 1 N–H and O–H groups in total. The van der Waals surface area contributed by atoms with Crippen LogP contribution in [0.5, 0.6) is 0 Å². The Labute approximate surface area is 178 Å². The number of carbonyl (C=O) groups is 4. The number of nitrogens with zero attached hydrogens (tertiary/aromatic N) is 1. The molecule has 1 rings (SSSR count). The zero-order chi connectivity index (χ0) is 22.3. The van der Waals surface area contributed by atoms with Crippen molar-refractivity contribution in [3.05, 3.63) is 0 Å². The van der Waals surface area contributed by atoms with E-state index in [1.165, 1.54) is 27.7 Å². The lowest BCUT2D eigenvalue weighted by Gasteiger charge is -2.45. The van der Waals surface area contributed by atoms with Gasteiger partial charge in [0.2, 0.25) is 5.91 Å². The Balaban J connectivity index is 3.33. The van der Waals surface area contributed by atoms with Crippen molar-refractivity contribution >= 4 is 52.1 Å². The fourth-order valence-corrected chi connectivity index (χ4v) is 3.86. The lowest BCUT2D eigenvalue weighted by molar-refractivity contribution is -0.211. The van der Waals surface area contributed by atoms with Gasteiger partial charge in [-0.1, -0.05) is 24.0 Å². The van der Waals surface area contributed by atoms with Crippen molar-refractivity contribution in [2.24, 2.45) is 0 Å². The molecule has 0 unspecified atom stereocenters. The van der Waals surface area contributed by atoms with E-state index in [-0.39, 0.29) is 6.61 Å². The number of thioether (sulfide) groups is 1. The van der Waals surface area contributed by atoms with Gasteiger partial charge in [-0.2, -0.15) is 0 Å². The minimum absolute atomic E-state index is 0.246. The number of thiocarbonyl (C=S) groups is 1. The van der Waals surface area contributed by atoms with E-state index in [9.17, 15) is 19.2 Å². The van der Waals surface area contributed by atoms with Gasteiger partial charge in [-0.15, -0.1) is 0 Å². The van der Waals surface area contributed by atoms with Crippen LogP contribution in [0.25, 0.3) is 0 Å². The standard InChI is InChI=1S/C17H26N2O8S2/c1-8(20)18-13-15(26-11(4)23)14(25-10(3)22)12(7-24-9(2)21)27-16(13)29-17(28)19(5)6/h12-16H,7H2,1-6H3,(H,18,20)/t12-,13-,14-,15-,16+/m1/s1. The van der Waals surface area contributed by atoms with E-state index in [1.807, 2.05) is 0 Å². The lowest BCUT2D eigenvalue weighted by atomic mass is 9.97. The first-order valence-corrected chi connectivity index (χ1v) is 9.99. The summed E-state index contributed by atoms with van der Waals surface area (Å²) in [6, 6.07) is -0.878. The second kappa shape index (κ2) is 11.3. The summed E-state index contributed by atoms with van der Waals surface area (Å²) in [5, 5.41) is 2.68. The molecule has 1 heterocycles. The molecule has 29 heavy (non-hydrogen) atoms. The molecule has 1 aliphatic rings. The number of amides is 1. The SMILES string of the molecule is CC(=O)N[C@@H]1[C@@H](OC(C)=O)[C@H](OC(C)=O)[C@@H](COC(C)=O)O[C@H]1SC(=S)N(C)C. The molecule has 0 spiro atoms. The molecule has 5 atom stereocenters. The second-order valence-corrected chi connectivity index (χ2v) is 8.23. The Hall–Kier alpha value is -1.92. The van der Waals surface area contributed by atoms with E-state index in [0.29, 0.717) is 4.32 Å². The number of nitrogens with one attached hydrogen (secondary N) is 1. The van der Waals surface area contributed by atoms with E-state index in [1.54, 1.807) is 19.0 Å². The first-order valence-electron chi connectivity index (χ1n) is 8.70. The van der Waals surface area contributed by atoms with Gasteiger partial charge in [0.1, 0.15) is 28.5 Å². The van der Waals surface area contributed by atoms with Gasteiger partial charge in [-0.3, -0.25) is 19.2 Å². The van der Waals surface area contributed by atoms with Crippen molar-refractivity contribution in [1.29, 1.82) is 0 Å². The Morgan fingerprint density at radius 1 is 1.00 bits per heavy atom. The van der Waals surface area contributed by atoms with Crippen LogP contribution in [-0.2, 0) is 38.1 Å². The van der Waals surface area contributed by atoms with Crippen LogP contribution in [0, 0.1) is 0 Å². The van der Waals surface area contributed by atoms with E-state index in [0.717, 1.165) is 11.8 Å². The molecule has 1 saturated heterocycles. The second-order valence-electron chi connectivity index (χ2n) is 6.50. The van der Waals surface area contributed by atoms with Gasteiger partial charge in [0.15, 0.2) is 12.2 Å². The minimum atomic E-state index is -1.11. The highest BCUT2D eigenvalue weighted by Crippen LogP contribution is 2.33. The molecule has 0 radical (unpaired) electrons. The first-order chi connectivity index (χ1) is 13.4. The molecule has 1 aliphatic heterocycles. The van der Waals surface area contributed by atoms with Crippen LogP contribution in [0.4, 0.5) is 0 Å². The topological polar surface area (TPSA) is 120 Å². The summed E-state index contributed by atoms with van der Waals surface area (Å²) < 4.78 is 22.2. The molecule has 12 heteroatoms. The Kier molecular flexibility index (Phi) is 9.80. The third-order valence-electron chi connectivity index (χ3n) is 3.65. The quantitative estimate of drug-likeness (QED) is 0.340. The van der Waals surface area contributed by atoms with Gasteiger partial charge < -0.3 is 29.2 Å². The van der Waals surface area contributed by atoms with Crippen molar-refractivity contribution in [3.8, 4) is 0 Å². The molecule has 0 aromatic carbocycles. The van der Waals surface area contributed by atoms with Crippen LogP contribution in [0.1, 0.15) is 27.7 Å². The number of hydrogen-bond acceptors (Lipinski definition) is 10. The Morgan fingerprint density at radius 2 is 1.55 bits per heavy atom. The van der Waals surface area contributed by atoms with Gasteiger partial charge in [0.25, 0.3) is 0 Å². The van der Waals surface area contributed by atoms with Gasteiger partial charge in [0.05, 0.1) is 0 Å². The maximum Gasteiger partial charge on any atom is 0.303 e. The molecule has 0 aliphatic carbocycles. The predicted molar refractivity (Wildman–Crippen MR) is 108 cm³/mol. The third kappa shape index (κ3) is 8.15. The van der Waals surface area contributed by atoms with Crippen molar-refractivity contribution in [3.63, 3.8) is 0 Å². The number of hydrogen-bond donors (Lipinski definition) is 1. The predicted octanol–water partition coefficient (Wildman–Crippen LogP) is 0.222. The Bertz CT molecular complexity index is 657. The van der Waals surface area contributed by atoms with Crippen molar-refractivity contribution in [2.45, 2.75) is 57.5 Å². The highest BCUT2D eigenvalue weighted by Gasteiger charge is 2.51. The van der Waals surface area contributed by atoms with Gasteiger partial charge in [-0.05, 0) is 0 Å². The summed E-state index contributed by atoms with van der Waals surface area (Å²) >= 11 is 6.43. The van der Waals surface area contributed by atoms with Gasteiger partial charge in [0, 0.05) is 41.8 Å². The monoisotopic (exact) mass is 450 g/mol. The number of rotatable bonds is 6. The van der Waals surface area contributed by atoms with Crippen LogP contribution in [0.15, 0.2) is 0 Å². The average molecular weight is 451 g/mol. The highest BCUT2D eigenvalue weighted by molar-refractivity contribution is 8.23. The summed E-state index contributed by atoms with van der Waals surface area (Å²) in [7, 11) is 3.49. The highest BCUT2D eigenvalue weighted by atomic mass is 32.2. The molecular formula is C17H26N2O8S2. The summed E-state index contributed by atoms with van der Waals surface area (Å²) in [5.41, 5.74) is -0.800. The molecule has 1 fully saturated rings. The summed E-state index contributed by atoms with van der Waals surface area (Å²) in [6.07, 6.45) is -3.14. The summed E-state index contributed by atoms with van der Waals surface area (Å²) in [4.78, 5) is 48.1. The molecule has 0 aromatic rings. The zero-order valence-electron chi connectivity index (χ0n) is 17.1. The fraction of sp³-hybridized carbons (Fsp3) is 0.706. The number of ether oxygens (including phenoxy) is 4. The zero-order valence-corrected chi connectivity index (χ0v) is 18.8. The molecule has 0 saturated carbocycles. The van der Waals surface area contributed by atoms with Crippen LogP contribution in [-0.4, -0.2) is 83.5 Å². The van der Waals surface area contributed by atoms with E-state index < -0.39 is 53.6 Å². The van der Waals surface area contributed by atoms with E-state index in [2.05, 4.69) is 5.32 Å². The maximum atomic E-state index is 11.8. The van der Waals surface area contributed by atoms with Gasteiger partial charge in [-0.25, -0.2) is 0 Å².